The summed E-state index contributed by atoms with van der Waals surface area (Å²) in [6.07, 6.45) is 0. The minimum absolute atomic E-state index is 0.269. The summed E-state index contributed by atoms with van der Waals surface area (Å²) in [5.41, 5.74) is 4.38. The van der Waals surface area contributed by atoms with Gasteiger partial charge in [-0.05, 0) is 38.8 Å². The van der Waals surface area contributed by atoms with E-state index in [1.54, 1.807) is 0 Å². The summed E-state index contributed by atoms with van der Waals surface area (Å²) in [5.74, 6) is 1.40. The molecule has 0 spiro atoms. The van der Waals surface area contributed by atoms with Crippen molar-refractivity contribution in [3.05, 3.63) is 34.4 Å². The highest BCUT2D eigenvalue weighted by molar-refractivity contribution is 8.00. The number of carbonyl (C=O) groups is 1. The molecule has 1 aromatic carbocycles. The van der Waals surface area contributed by atoms with E-state index in [9.17, 15) is 4.79 Å². The van der Waals surface area contributed by atoms with Crippen LogP contribution in [0, 0.1) is 20.8 Å². The van der Waals surface area contributed by atoms with Gasteiger partial charge in [0.25, 0.3) is 0 Å². The lowest BCUT2D eigenvalue weighted by Crippen LogP contribution is -2.47. The van der Waals surface area contributed by atoms with Gasteiger partial charge in [0, 0.05) is 29.2 Å². The molecule has 0 aromatic heterocycles. The predicted molar refractivity (Wildman–Crippen MR) is 87.9 cm³/mol. The lowest BCUT2D eigenvalue weighted by Gasteiger charge is -2.37. The summed E-state index contributed by atoms with van der Waals surface area (Å²) < 4.78 is 0. The van der Waals surface area contributed by atoms with Gasteiger partial charge in [0.05, 0.1) is 6.54 Å². The number of rotatable bonds is 3. The summed E-state index contributed by atoms with van der Waals surface area (Å²) in [6, 6.07) is 4.69. The third-order valence-electron chi connectivity index (χ3n) is 4.32. The number of hydrogen-bond donors (Lipinski definition) is 0. The van der Waals surface area contributed by atoms with Crippen molar-refractivity contribution in [3.8, 4) is 0 Å². The Morgan fingerprint density at radius 3 is 2.45 bits per heavy atom. The third kappa shape index (κ3) is 3.26. The monoisotopic (exact) mass is 291 g/mol. The van der Waals surface area contributed by atoms with Crippen molar-refractivity contribution in [3.63, 3.8) is 0 Å². The number of benzene rings is 1. The Kier molecular flexibility index (Phi) is 4.92. The first-order valence-electron chi connectivity index (χ1n) is 7.37. The Balaban J connectivity index is 2.16. The molecule has 1 saturated heterocycles. The van der Waals surface area contributed by atoms with Crippen molar-refractivity contribution in [1.29, 1.82) is 0 Å². The van der Waals surface area contributed by atoms with Gasteiger partial charge < -0.3 is 0 Å². The Hall–Kier alpha value is -0.800. The number of Topliss-reactive ketones (excluding diaryl/α,β-unsaturated/α-hetero) is 1. The number of aryl methyl sites for hydroxylation is 3. The summed E-state index contributed by atoms with van der Waals surface area (Å²) >= 11 is 2.01. The number of hydrogen-bond acceptors (Lipinski definition) is 3. The van der Waals surface area contributed by atoms with Crippen molar-refractivity contribution in [2.24, 2.45) is 0 Å². The zero-order valence-electron chi connectivity index (χ0n) is 13.2. The summed E-state index contributed by atoms with van der Waals surface area (Å²) in [4.78, 5) is 15.0. The van der Waals surface area contributed by atoms with E-state index in [0.717, 1.165) is 29.0 Å². The molecule has 0 N–H and O–H groups in total. The van der Waals surface area contributed by atoms with Gasteiger partial charge >= 0.3 is 0 Å². The highest BCUT2D eigenvalue weighted by Gasteiger charge is 2.27. The molecule has 1 aliphatic rings. The highest BCUT2D eigenvalue weighted by Crippen LogP contribution is 2.25. The van der Waals surface area contributed by atoms with Gasteiger partial charge in [0.2, 0.25) is 0 Å². The molecule has 3 heteroatoms. The molecule has 110 valence electrons. The van der Waals surface area contributed by atoms with E-state index in [-0.39, 0.29) is 5.78 Å². The molecule has 1 aromatic rings. The molecule has 0 radical (unpaired) electrons. The zero-order valence-corrected chi connectivity index (χ0v) is 14.0. The third-order valence-corrected chi connectivity index (χ3v) is 5.66. The summed E-state index contributed by atoms with van der Waals surface area (Å²) in [5, 5.41) is 0.608. The van der Waals surface area contributed by atoms with E-state index in [4.69, 9.17) is 0 Å². The molecule has 1 aliphatic heterocycles. The van der Waals surface area contributed by atoms with Crippen LogP contribution in [0.5, 0.6) is 0 Å². The zero-order chi connectivity index (χ0) is 14.9. The molecule has 0 aliphatic carbocycles. The Morgan fingerprint density at radius 1 is 1.25 bits per heavy atom. The lowest BCUT2D eigenvalue weighted by molar-refractivity contribution is 0.0900. The molecule has 1 fully saturated rings. The normalized spacial score (nSPS) is 23.9. The Morgan fingerprint density at radius 2 is 1.85 bits per heavy atom. The van der Waals surface area contributed by atoms with Crippen molar-refractivity contribution in [2.75, 3.05) is 18.8 Å². The largest absolute Gasteiger partial charge is 0.293 e. The van der Waals surface area contributed by atoms with Crippen molar-refractivity contribution < 1.29 is 4.79 Å². The van der Waals surface area contributed by atoms with Gasteiger partial charge in [-0.3, -0.25) is 9.69 Å². The molecule has 2 rings (SSSR count). The number of ketones is 1. The molecule has 0 saturated carbocycles. The predicted octanol–water partition coefficient (Wildman–Crippen LogP) is 3.62. The molecular weight excluding hydrogens is 266 g/mol. The van der Waals surface area contributed by atoms with Gasteiger partial charge in [-0.2, -0.15) is 11.8 Å². The van der Waals surface area contributed by atoms with Crippen LogP contribution in [-0.2, 0) is 0 Å². The quantitative estimate of drug-likeness (QED) is 0.793. The molecule has 2 unspecified atom stereocenters. The second kappa shape index (κ2) is 6.31. The van der Waals surface area contributed by atoms with E-state index >= 15 is 0 Å². The van der Waals surface area contributed by atoms with Crippen LogP contribution in [0.25, 0.3) is 0 Å². The van der Waals surface area contributed by atoms with E-state index in [1.807, 2.05) is 25.6 Å². The van der Waals surface area contributed by atoms with Gasteiger partial charge in [-0.1, -0.05) is 24.6 Å². The summed E-state index contributed by atoms with van der Waals surface area (Å²) in [7, 11) is 0. The fraction of sp³-hybridized carbons (Fsp3) is 0.588. The number of nitrogens with zero attached hydrogens (tertiary/aromatic N) is 1. The second-order valence-corrected chi connectivity index (χ2v) is 7.47. The van der Waals surface area contributed by atoms with Crippen LogP contribution in [0.3, 0.4) is 0 Å². The van der Waals surface area contributed by atoms with Crippen LogP contribution >= 0.6 is 11.8 Å². The van der Waals surface area contributed by atoms with E-state index < -0.39 is 0 Å². The first-order chi connectivity index (χ1) is 9.40. The van der Waals surface area contributed by atoms with Crippen LogP contribution in [0.1, 0.15) is 40.9 Å². The molecule has 2 atom stereocenters. The molecule has 1 heterocycles. The van der Waals surface area contributed by atoms with Gasteiger partial charge in [-0.25, -0.2) is 0 Å². The maximum atomic E-state index is 12.7. The smallest absolute Gasteiger partial charge is 0.177 e. The molecule has 20 heavy (non-hydrogen) atoms. The van der Waals surface area contributed by atoms with Crippen molar-refractivity contribution >= 4 is 17.5 Å². The van der Waals surface area contributed by atoms with Crippen LogP contribution in [-0.4, -0.2) is 40.8 Å². The average molecular weight is 291 g/mol. The molecule has 0 amide bonds. The van der Waals surface area contributed by atoms with Crippen molar-refractivity contribution in [2.45, 2.75) is 45.9 Å². The van der Waals surface area contributed by atoms with Gasteiger partial charge in [0.15, 0.2) is 5.78 Å². The maximum absolute atomic E-state index is 12.7. The number of thioether (sulfide) groups is 1. The number of carbonyl (C=O) groups excluding carboxylic acids is 1. The second-order valence-electron chi connectivity index (χ2n) is 5.98. The van der Waals surface area contributed by atoms with Gasteiger partial charge in [-0.15, -0.1) is 0 Å². The summed E-state index contributed by atoms with van der Waals surface area (Å²) in [6.45, 7) is 12.2. The van der Waals surface area contributed by atoms with Crippen LogP contribution in [0.4, 0.5) is 0 Å². The molecule has 0 bridgehead atoms. The first kappa shape index (κ1) is 15.6. The maximum Gasteiger partial charge on any atom is 0.177 e. The van der Waals surface area contributed by atoms with Crippen molar-refractivity contribution in [1.82, 2.24) is 4.90 Å². The SMILES string of the molecule is Cc1cc(C)c(C(=O)CN2CCSC(C)C2C)c(C)c1. The Bertz CT molecular complexity index is 489. The average Bonchev–Trinajstić information content (AvgIpc) is 2.33. The van der Waals surface area contributed by atoms with Crippen LogP contribution < -0.4 is 0 Å². The van der Waals surface area contributed by atoms with E-state index in [2.05, 4.69) is 37.8 Å². The topological polar surface area (TPSA) is 20.3 Å². The minimum atomic E-state index is 0.269. The van der Waals surface area contributed by atoms with E-state index in [1.165, 1.54) is 5.56 Å². The van der Waals surface area contributed by atoms with E-state index in [0.29, 0.717) is 17.8 Å². The van der Waals surface area contributed by atoms with Gasteiger partial charge in [0.1, 0.15) is 0 Å². The lowest BCUT2D eigenvalue weighted by atomic mass is 9.96. The fourth-order valence-electron chi connectivity index (χ4n) is 3.10. The Labute approximate surface area is 126 Å². The molecule has 2 nitrogen and oxygen atoms in total. The highest BCUT2D eigenvalue weighted by atomic mass is 32.2. The fourth-order valence-corrected chi connectivity index (χ4v) is 4.26. The standard InChI is InChI=1S/C17H25NOS/c1-11-8-12(2)17(13(3)9-11)16(19)10-18-6-7-20-15(5)14(18)4/h8-9,14-15H,6-7,10H2,1-5H3. The van der Waals surface area contributed by atoms with Crippen LogP contribution in [0.2, 0.25) is 0 Å². The van der Waals surface area contributed by atoms with Crippen LogP contribution in [0.15, 0.2) is 12.1 Å². The first-order valence-corrected chi connectivity index (χ1v) is 8.41. The minimum Gasteiger partial charge on any atom is -0.293 e. The molecular formula is C17H25NOS.